The van der Waals surface area contributed by atoms with Gasteiger partial charge >= 0.3 is 11.9 Å². The van der Waals surface area contributed by atoms with Crippen molar-refractivity contribution < 1.29 is 68.1 Å². The van der Waals surface area contributed by atoms with Crippen LogP contribution in [0.3, 0.4) is 0 Å². The maximum atomic E-state index is 14.4. The van der Waals surface area contributed by atoms with Gasteiger partial charge in [-0.25, -0.2) is 0 Å². The third-order valence-electron chi connectivity index (χ3n) is 9.99. The van der Waals surface area contributed by atoms with Crippen LogP contribution in [0.25, 0.3) is 0 Å². The first-order chi connectivity index (χ1) is 31.4. The summed E-state index contributed by atoms with van der Waals surface area (Å²) < 4.78 is 0. The van der Waals surface area contributed by atoms with E-state index in [2.05, 4.69) is 49.8 Å². The highest BCUT2D eigenvalue weighted by Crippen LogP contribution is 2.18. The SMILES string of the molecule is CC(C)C[C@H](NC(=O)[C@H](CCCC(=O)O)NC(=O)CCl)C(=O)N[C@@H](Cc1ccc(O)cc1)C(=O)N[C@@](C)(CCCC(=O)O)C(=O)N[C@@H](CC(N)=O)C(=O)NCCCCC(=O)N[C@@H](CS)C(N)=O. The Labute approximate surface area is 398 Å². The van der Waals surface area contributed by atoms with Crippen molar-refractivity contribution in [3.63, 3.8) is 0 Å². The van der Waals surface area contributed by atoms with Gasteiger partial charge < -0.3 is 64.0 Å². The Morgan fingerprint density at radius 1 is 0.687 bits per heavy atom. The lowest BCUT2D eigenvalue weighted by molar-refractivity contribution is -0.139. The van der Waals surface area contributed by atoms with E-state index >= 15 is 0 Å². The van der Waals surface area contributed by atoms with E-state index in [1.807, 2.05) is 0 Å². The molecule has 0 spiro atoms. The van der Waals surface area contributed by atoms with Gasteiger partial charge in [0.1, 0.15) is 47.4 Å². The van der Waals surface area contributed by atoms with Gasteiger partial charge in [0.15, 0.2) is 0 Å². The second-order valence-corrected chi connectivity index (χ2v) is 17.0. The van der Waals surface area contributed by atoms with Gasteiger partial charge in [0, 0.05) is 38.0 Å². The number of amides is 9. The van der Waals surface area contributed by atoms with E-state index in [0.29, 0.717) is 5.56 Å². The van der Waals surface area contributed by atoms with Crippen molar-refractivity contribution in [2.75, 3.05) is 18.2 Å². The molecular weight excluding hydrogens is 922 g/mol. The normalized spacial score (nSPS) is 14.1. The second kappa shape index (κ2) is 30.2. The van der Waals surface area contributed by atoms with Gasteiger partial charge in [-0.3, -0.25) is 52.7 Å². The molecule has 23 nitrogen and oxygen atoms in total. The number of nitrogens with two attached hydrogens (primary N) is 2. The molecule has 0 aromatic heterocycles. The summed E-state index contributed by atoms with van der Waals surface area (Å²) in [6.07, 6.45) is -1.91. The summed E-state index contributed by atoms with van der Waals surface area (Å²) in [5, 5.41) is 45.9. The first kappa shape index (κ1) is 58.8. The second-order valence-electron chi connectivity index (χ2n) is 16.4. The number of hydrogen-bond acceptors (Lipinski definition) is 13. The van der Waals surface area contributed by atoms with Crippen LogP contribution in [-0.4, -0.2) is 134 Å². The lowest BCUT2D eigenvalue weighted by atomic mass is 9.91. The fraction of sp³-hybridized carbons (Fsp3) is 0.595. The Kier molecular flexibility index (Phi) is 26.5. The number of unbranched alkanes of at least 4 members (excludes halogenated alkanes) is 1. The van der Waals surface area contributed by atoms with Crippen LogP contribution in [0.2, 0.25) is 0 Å². The number of rotatable bonds is 33. The van der Waals surface area contributed by atoms with Crippen LogP contribution < -0.4 is 48.7 Å². The van der Waals surface area contributed by atoms with Crippen LogP contribution in [0, 0.1) is 5.92 Å². The number of carboxylic acid groups (broad SMARTS) is 2. The largest absolute Gasteiger partial charge is 0.508 e. The molecule has 25 heteroatoms. The van der Waals surface area contributed by atoms with Gasteiger partial charge in [0.2, 0.25) is 53.2 Å². The number of primary amides is 2. The minimum absolute atomic E-state index is 0.00944. The minimum Gasteiger partial charge on any atom is -0.508 e. The number of aliphatic carboxylic acids is 2. The van der Waals surface area contributed by atoms with E-state index in [9.17, 15) is 63.0 Å². The topological polar surface area (TPSA) is 385 Å². The van der Waals surface area contributed by atoms with E-state index in [1.54, 1.807) is 13.8 Å². The van der Waals surface area contributed by atoms with Crippen LogP contribution in [0.5, 0.6) is 5.75 Å². The number of carboxylic acids is 2. The van der Waals surface area contributed by atoms with E-state index in [1.165, 1.54) is 31.2 Å². The van der Waals surface area contributed by atoms with E-state index in [4.69, 9.17) is 28.2 Å². The van der Waals surface area contributed by atoms with Gasteiger partial charge in [0.05, 0.1) is 6.42 Å². The molecule has 0 bridgehead atoms. The predicted molar refractivity (Wildman–Crippen MR) is 245 cm³/mol. The van der Waals surface area contributed by atoms with Gasteiger partial charge in [-0.15, -0.1) is 11.6 Å². The molecule has 1 aromatic carbocycles. The van der Waals surface area contributed by atoms with Crippen molar-refractivity contribution in [2.45, 2.75) is 134 Å². The number of thiol groups is 1. The molecule has 1 rings (SSSR count). The van der Waals surface area contributed by atoms with E-state index in [-0.39, 0.29) is 88.2 Å². The smallest absolute Gasteiger partial charge is 0.303 e. The maximum Gasteiger partial charge on any atom is 0.303 e. The highest BCUT2D eigenvalue weighted by atomic mass is 35.5. The molecule has 0 aliphatic rings. The Balaban J connectivity index is 3.46. The number of carbonyl (C=O) groups is 11. The lowest BCUT2D eigenvalue weighted by Crippen LogP contribution is -2.64. The number of aromatic hydroxyl groups is 1. The predicted octanol–water partition coefficient (Wildman–Crippen LogP) is -1.39. The van der Waals surface area contributed by atoms with Crippen molar-refractivity contribution in [1.82, 2.24) is 37.2 Å². The molecule has 0 heterocycles. The number of phenols is 1. The summed E-state index contributed by atoms with van der Waals surface area (Å²) in [6.45, 7) is 4.70. The van der Waals surface area contributed by atoms with Gasteiger partial charge in [-0.2, -0.15) is 12.6 Å². The number of halogens is 1. The van der Waals surface area contributed by atoms with Gasteiger partial charge in [-0.05, 0) is 75.5 Å². The number of nitrogens with one attached hydrogen (secondary N) is 7. The summed E-state index contributed by atoms with van der Waals surface area (Å²) >= 11 is 9.60. The zero-order valence-corrected chi connectivity index (χ0v) is 39.3. The van der Waals surface area contributed by atoms with Crippen LogP contribution in [-0.2, 0) is 59.2 Å². The molecule has 9 amide bonds. The molecule has 0 unspecified atom stereocenters. The fourth-order valence-electron chi connectivity index (χ4n) is 6.42. The maximum absolute atomic E-state index is 14.4. The highest BCUT2D eigenvalue weighted by Gasteiger charge is 2.40. The summed E-state index contributed by atoms with van der Waals surface area (Å²) in [4.78, 5) is 140. The first-order valence-electron chi connectivity index (χ1n) is 21.5. The number of phenolic OH excluding ortho intramolecular Hbond substituents is 1. The lowest BCUT2D eigenvalue weighted by Gasteiger charge is -2.33. The Morgan fingerprint density at radius 3 is 1.82 bits per heavy atom. The molecule has 0 saturated heterocycles. The van der Waals surface area contributed by atoms with Crippen molar-refractivity contribution >= 4 is 89.3 Å². The molecule has 6 atom stereocenters. The number of hydrogen-bond donors (Lipinski definition) is 13. The van der Waals surface area contributed by atoms with Crippen LogP contribution in [0.4, 0.5) is 0 Å². The summed E-state index contributed by atoms with van der Waals surface area (Å²) in [5.74, 6) is -10.8. The third kappa shape index (κ3) is 23.7. The Morgan fingerprint density at radius 2 is 1.27 bits per heavy atom. The van der Waals surface area contributed by atoms with E-state index < -0.39 is 120 Å². The van der Waals surface area contributed by atoms with Crippen molar-refractivity contribution in [2.24, 2.45) is 17.4 Å². The number of benzene rings is 1. The number of alkyl halides is 1. The molecule has 374 valence electrons. The van der Waals surface area contributed by atoms with E-state index in [0.717, 1.165) is 0 Å². The first-order valence-corrected chi connectivity index (χ1v) is 22.6. The van der Waals surface area contributed by atoms with Gasteiger partial charge in [0.25, 0.3) is 0 Å². The minimum atomic E-state index is -2.01. The summed E-state index contributed by atoms with van der Waals surface area (Å²) in [6, 6.07) is -1.14. The monoisotopic (exact) mass is 985 g/mol. The molecular formula is C42H64ClN9O14S. The van der Waals surface area contributed by atoms with Crippen molar-refractivity contribution in [3.8, 4) is 5.75 Å². The highest BCUT2D eigenvalue weighted by molar-refractivity contribution is 7.80. The van der Waals surface area contributed by atoms with Crippen molar-refractivity contribution in [3.05, 3.63) is 29.8 Å². The third-order valence-corrected chi connectivity index (χ3v) is 10.6. The molecule has 0 saturated carbocycles. The summed E-state index contributed by atoms with van der Waals surface area (Å²) in [7, 11) is 0. The quantitative estimate of drug-likeness (QED) is 0.0219. The fourth-order valence-corrected chi connectivity index (χ4v) is 6.76. The zero-order chi connectivity index (χ0) is 50.9. The van der Waals surface area contributed by atoms with Crippen LogP contribution >= 0.6 is 24.2 Å². The van der Waals surface area contributed by atoms with Gasteiger partial charge in [-0.1, -0.05) is 26.0 Å². The standard InChI is InChI=1S/C42H64ClN9O14S/c1-23(2)18-27(49-38(63)26(47-33(56)21-43)8-6-10-34(57)58)39(64)50-28(19-24-12-14-25(53)15-13-24)40(65)52-42(3,16-7-11-35(59)60)41(66)51-29(20-31(44)54)37(62)46-17-5-4-9-32(55)48-30(22-67)36(45)61/h12-15,23,26-30,53,67H,4-11,16-22H2,1-3H3,(H2,44,54)(H2,45,61)(H,46,62)(H,47,56)(H,48,55)(H,49,63)(H,50,64)(H,51,66)(H,52,65)(H,57,58)(H,59,60)/t26-,27-,28-,29-,30-,42-/m0/s1. The Hall–Kier alpha value is -6.17. The molecule has 0 aliphatic heterocycles. The molecule has 0 radical (unpaired) electrons. The molecule has 1 aromatic rings. The average molecular weight is 987 g/mol. The molecule has 14 N–H and O–H groups in total. The molecule has 67 heavy (non-hydrogen) atoms. The van der Waals surface area contributed by atoms with Crippen LogP contribution in [0.15, 0.2) is 24.3 Å². The van der Waals surface area contributed by atoms with Crippen LogP contribution in [0.1, 0.15) is 97.0 Å². The van der Waals surface area contributed by atoms with Crippen molar-refractivity contribution in [1.29, 1.82) is 0 Å². The molecule has 0 aliphatic carbocycles. The zero-order valence-electron chi connectivity index (χ0n) is 37.7. The Bertz CT molecular complexity index is 1910. The molecule has 0 fully saturated rings. The average Bonchev–Trinajstić information content (AvgIpc) is 3.23. The summed E-state index contributed by atoms with van der Waals surface area (Å²) in [5.41, 5.74) is 9.01. The number of carbonyl (C=O) groups excluding carboxylic acids is 9.